The van der Waals surface area contributed by atoms with Crippen LogP contribution >= 0.6 is 11.8 Å². The van der Waals surface area contributed by atoms with Gasteiger partial charge in [0.15, 0.2) is 0 Å². The molecule has 4 heteroatoms. The molecule has 1 heterocycles. The van der Waals surface area contributed by atoms with Crippen LogP contribution in [-0.4, -0.2) is 10.7 Å². The lowest BCUT2D eigenvalue weighted by Crippen LogP contribution is -2.37. The van der Waals surface area contributed by atoms with Crippen LogP contribution < -0.4 is 5.32 Å². The molecule has 1 aliphatic rings. The highest BCUT2D eigenvalue weighted by Crippen LogP contribution is 2.41. The number of hydrogen-bond acceptors (Lipinski definition) is 2. The molecule has 2 nitrogen and oxygen atoms in total. The van der Waals surface area contributed by atoms with Gasteiger partial charge in [-0.05, 0) is 32.0 Å². The maximum absolute atomic E-state index is 12.9. The summed E-state index contributed by atoms with van der Waals surface area (Å²) in [5.74, 6) is -0.412. The Hall–Kier alpha value is -1.03. The average Bonchev–Trinajstić information content (AvgIpc) is 2.08. The summed E-state index contributed by atoms with van der Waals surface area (Å²) in [6, 6.07) is 4.44. The Morgan fingerprint density at radius 1 is 1.43 bits per heavy atom. The number of thioether (sulfide) groups is 1. The van der Waals surface area contributed by atoms with Crippen LogP contribution in [0.5, 0.6) is 0 Å². The van der Waals surface area contributed by atoms with E-state index in [1.807, 2.05) is 13.8 Å². The zero-order valence-corrected chi connectivity index (χ0v) is 8.74. The molecule has 1 N–H and O–H groups in total. The minimum atomic E-state index is -0.481. The van der Waals surface area contributed by atoms with Crippen LogP contribution in [0.25, 0.3) is 0 Å². The molecule has 0 aliphatic carbocycles. The van der Waals surface area contributed by atoms with E-state index < -0.39 is 4.75 Å². The molecule has 0 radical (unpaired) electrons. The Labute approximate surface area is 85.9 Å². The second-order valence-electron chi connectivity index (χ2n) is 3.71. The van der Waals surface area contributed by atoms with Crippen LogP contribution in [-0.2, 0) is 4.79 Å². The third-order valence-corrected chi connectivity index (χ3v) is 3.37. The van der Waals surface area contributed by atoms with Crippen molar-refractivity contribution in [1.82, 2.24) is 0 Å². The van der Waals surface area contributed by atoms with E-state index in [0.717, 1.165) is 4.90 Å². The van der Waals surface area contributed by atoms with Gasteiger partial charge in [0.05, 0.1) is 10.4 Å². The maximum atomic E-state index is 12.9. The fraction of sp³-hybridized carbons (Fsp3) is 0.300. The van der Waals surface area contributed by atoms with E-state index in [1.54, 1.807) is 6.07 Å². The summed E-state index contributed by atoms with van der Waals surface area (Å²) in [4.78, 5) is 12.4. The smallest absolute Gasteiger partial charge is 0.240 e. The van der Waals surface area contributed by atoms with Gasteiger partial charge in [-0.25, -0.2) is 4.39 Å². The van der Waals surface area contributed by atoms with Gasteiger partial charge in [0.1, 0.15) is 5.82 Å². The first-order valence-electron chi connectivity index (χ1n) is 4.29. The van der Waals surface area contributed by atoms with Crippen molar-refractivity contribution < 1.29 is 9.18 Å². The Bertz CT molecular complexity index is 403. The number of amides is 1. The third-order valence-electron chi connectivity index (χ3n) is 2.10. The van der Waals surface area contributed by atoms with E-state index in [2.05, 4.69) is 5.32 Å². The van der Waals surface area contributed by atoms with Crippen LogP contribution in [0.15, 0.2) is 23.1 Å². The molecule has 0 saturated carbocycles. The normalized spacial score (nSPS) is 18.6. The van der Waals surface area contributed by atoms with Crippen LogP contribution in [0, 0.1) is 5.82 Å². The van der Waals surface area contributed by atoms with Gasteiger partial charge in [-0.15, -0.1) is 11.8 Å². The SMILES string of the molecule is CC1(C)Sc2ccc(F)cc2NC1=O. The third kappa shape index (κ3) is 1.50. The van der Waals surface area contributed by atoms with E-state index in [0.29, 0.717) is 5.69 Å². The number of benzene rings is 1. The number of hydrogen-bond donors (Lipinski definition) is 1. The summed E-state index contributed by atoms with van der Waals surface area (Å²) < 4.78 is 12.4. The maximum Gasteiger partial charge on any atom is 0.240 e. The monoisotopic (exact) mass is 211 g/mol. The quantitative estimate of drug-likeness (QED) is 0.714. The van der Waals surface area contributed by atoms with Crippen LogP contribution in [0.3, 0.4) is 0 Å². The molecular formula is C10H10FNOS. The van der Waals surface area contributed by atoms with Crippen molar-refractivity contribution in [3.8, 4) is 0 Å². The minimum absolute atomic E-state index is 0.0828. The van der Waals surface area contributed by atoms with Crippen LogP contribution in [0.4, 0.5) is 10.1 Å². The second-order valence-corrected chi connectivity index (χ2v) is 5.37. The number of carbonyl (C=O) groups is 1. The van der Waals surface area contributed by atoms with Crippen molar-refractivity contribution >= 4 is 23.4 Å². The Morgan fingerprint density at radius 2 is 2.14 bits per heavy atom. The van der Waals surface area contributed by atoms with E-state index >= 15 is 0 Å². The molecular weight excluding hydrogens is 201 g/mol. The van der Waals surface area contributed by atoms with E-state index in [9.17, 15) is 9.18 Å². The van der Waals surface area contributed by atoms with Crippen molar-refractivity contribution in [2.75, 3.05) is 5.32 Å². The molecule has 0 fully saturated rings. The highest BCUT2D eigenvalue weighted by molar-refractivity contribution is 8.01. The largest absolute Gasteiger partial charge is 0.324 e. The lowest BCUT2D eigenvalue weighted by molar-refractivity contribution is -0.117. The first-order chi connectivity index (χ1) is 6.49. The zero-order valence-electron chi connectivity index (χ0n) is 7.93. The number of fused-ring (bicyclic) bond motifs is 1. The number of rotatable bonds is 0. The lowest BCUT2D eigenvalue weighted by atomic mass is 10.1. The fourth-order valence-electron chi connectivity index (χ4n) is 1.28. The predicted octanol–water partition coefficient (Wildman–Crippen LogP) is 2.65. The molecule has 0 atom stereocenters. The molecule has 0 aromatic heterocycles. The standard InChI is InChI=1S/C10H10FNOS/c1-10(2)9(13)12-7-5-6(11)3-4-8(7)14-10/h3-5H,1-2H3,(H,12,13). The van der Waals surface area contributed by atoms with Crippen LogP contribution in [0.2, 0.25) is 0 Å². The van der Waals surface area contributed by atoms with Crippen molar-refractivity contribution in [2.24, 2.45) is 0 Å². The Morgan fingerprint density at radius 3 is 2.86 bits per heavy atom. The number of halogens is 1. The van der Waals surface area contributed by atoms with Gasteiger partial charge in [-0.2, -0.15) is 0 Å². The van der Waals surface area contributed by atoms with Gasteiger partial charge in [-0.3, -0.25) is 4.79 Å². The molecule has 14 heavy (non-hydrogen) atoms. The molecule has 0 unspecified atom stereocenters. The molecule has 74 valence electrons. The first-order valence-corrected chi connectivity index (χ1v) is 5.11. The van der Waals surface area contributed by atoms with Gasteiger partial charge in [-0.1, -0.05) is 0 Å². The van der Waals surface area contributed by atoms with Crippen LogP contribution in [0.1, 0.15) is 13.8 Å². The molecule has 1 amide bonds. The van der Waals surface area contributed by atoms with Gasteiger partial charge < -0.3 is 5.32 Å². The summed E-state index contributed by atoms with van der Waals surface area (Å²) in [5.41, 5.74) is 0.569. The molecule has 0 saturated heterocycles. The first kappa shape index (κ1) is 9.52. The summed E-state index contributed by atoms with van der Waals surface area (Å²) in [6.07, 6.45) is 0. The zero-order chi connectivity index (χ0) is 10.3. The van der Waals surface area contributed by atoms with E-state index in [4.69, 9.17) is 0 Å². The summed E-state index contributed by atoms with van der Waals surface area (Å²) in [7, 11) is 0. The molecule has 0 bridgehead atoms. The second kappa shape index (κ2) is 2.98. The Balaban J connectivity index is 2.46. The Kier molecular flexibility index (Phi) is 2.03. The molecule has 1 aromatic rings. The highest BCUT2D eigenvalue weighted by Gasteiger charge is 2.34. The highest BCUT2D eigenvalue weighted by atomic mass is 32.2. The summed E-state index contributed by atoms with van der Waals surface area (Å²) in [6.45, 7) is 3.69. The van der Waals surface area contributed by atoms with Gasteiger partial charge >= 0.3 is 0 Å². The van der Waals surface area contributed by atoms with Crippen molar-refractivity contribution in [3.05, 3.63) is 24.0 Å². The van der Waals surface area contributed by atoms with Gasteiger partial charge in [0, 0.05) is 4.90 Å². The van der Waals surface area contributed by atoms with E-state index in [-0.39, 0.29) is 11.7 Å². The predicted molar refractivity (Wildman–Crippen MR) is 55.0 cm³/mol. The molecule has 2 rings (SSSR count). The van der Waals surface area contributed by atoms with Crippen molar-refractivity contribution in [2.45, 2.75) is 23.5 Å². The minimum Gasteiger partial charge on any atom is -0.324 e. The van der Waals surface area contributed by atoms with Crippen molar-refractivity contribution in [3.63, 3.8) is 0 Å². The topological polar surface area (TPSA) is 29.1 Å². The summed E-state index contributed by atoms with van der Waals surface area (Å²) in [5, 5.41) is 2.69. The number of anilines is 1. The lowest BCUT2D eigenvalue weighted by Gasteiger charge is -2.29. The molecule has 1 aromatic carbocycles. The summed E-state index contributed by atoms with van der Waals surface area (Å²) >= 11 is 1.45. The average molecular weight is 211 g/mol. The van der Waals surface area contributed by atoms with Crippen molar-refractivity contribution in [1.29, 1.82) is 0 Å². The molecule has 0 spiro atoms. The number of carbonyl (C=O) groups excluding carboxylic acids is 1. The molecule has 1 aliphatic heterocycles. The van der Waals surface area contributed by atoms with E-state index in [1.165, 1.54) is 23.9 Å². The fourth-order valence-corrected chi connectivity index (χ4v) is 2.33. The van der Waals surface area contributed by atoms with Gasteiger partial charge in [0.25, 0.3) is 0 Å². The van der Waals surface area contributed by atoms with Gasteiger partial charge in [0.2, 0.25) is 5.91 Å². The number of nitrogens with one attached hydrogen (secondary N) is 1.